The van der Waals surface area contributed by atoms with Crippen LogP contribution < -0.4 is 4.90 Å². The van der Waals surface area contributed by atoms with Crippen molar-refractivity contribution in [3.8, 4) is 50.2 Å². The van der Waals surface area contributed by atoms with Crippen LogP contribution in [0.3, 0.4) is 0 Å². The second-order valence-corrected chi connectivity index (χ2v) is 17.6. The first-order valence-corrected chi connectivity index (χ1v) is 23.4. The van der Waals surface area contributed by atoms with E-state index >= 15 is 0 Å². The summed E-state index contributed by atoms with van der Waals surface area (Å²) in [7, 11) is 0. The molecule has 0 aliphatic heterocycles. The molecule has 0 fully saturated rings. The van der Waals surface area contributed by atoms with Gasteiger partial charge in [-0.25, -0.2) is 0 Å². The van der Waals surface area contributed by atoms with E-state index in [1.54, 1.807) is 0 Å². The summed E-state index contributed by atoms with van der Waals surface area (Å²) >= 11 is 0. The minimum atomic E-state index is 1.07. The van der Waals surface area contributed by atoms with Gasteiger partial charge in [-0.2, -0.15) is 0 Å². The lowest BCUT2D eigenvalue weighted by Gasteiger charge is -2.29. The maximum atomic E-state index is 2.47. The molecule has 318 valence electrons. The van der Waals surface area contributed by atoms with Gasteiger partial charge in [0.1, 0.15) is 0 Å². The second-order valence-electron chi connectivity index (χ2n) is 17.6. The van der Waals surface area contributed by atoms with Gasteiger partial charge in [0, 0.05) is 39.0 Å². The molecule has 68 heavy (non-hydrogen) atoms. The van der Waals surface area contributed by atoms with Crippen molar-refractivity contribution >= 4 is 71.2 Å². The molecule has 0 amide bonds. The molecule has 0 spiro atoms. The van der Waals surface area contributed by atoms with E-state index in [1.807, 2.05) is 0 Å². The van der Waals surface area contributed by atoms with E-state index in [-0.39, 0.29) is 0 Å². The summed E-state index contributed by atoms with van der Waals surface area (Å²) in [5.74, 6) is 0. The smallest absolute Gasteiger partial charge is 0.0619 e. The number of fused-ring (bicyclic) bond motifs is 7. The zero-order chi connectivity index (χ0) is 45.0. The van der Waals surface area contributed by atoms with E-state index < -0.39 is 0 Å². The standard InChI is InChI=1S/C66H44N2/c1-3-19-45(20-4-1)55-34-15-22-47-23-16-37-61(65(47)55)59-31-9-11-39-63(59)67(51-28-13-24-48(43-51)54-33-17-36-57-53-30-8-7-21-46(53)41-42-58(54)57)52-29-14-25-49(44-52)56-35-18-38-62-60-32-10-12-40-64(60)68(66(56)62)50-26-5-2-6-27-50/h1-44H. The van der Waals surface area contributed by atoms with Gasteiger partial charge in [-0.05, 0) is 114 Å². The first-order chi connectivity index (χ1) is 33.8. The molecule has 0 aliphatic rings. The molecule has 0 aliphatic carbocycles. The van der Waals surface area contributed by atoms with Crippen LogP contribution in [-0.4, -0.2) is 4.57 Å². The Morgan fingerprint density at radius 1 is 0.279 bits per heavy atom. The maximum Gasteiger partial charge on any atom is 0.0619 e. The molecule has 0 atom stereocenters. The summed E-state index contributed by atoms with van der Waals surface area (Å²) < 4.78 is 2.43. The van der Waals surface area contributed by atoms with Gasteiger partial charge in [0.15, 0.2) is 0 Å². The van der Waals surface area contributed by atoms with Crippen LogP contribution in [0.25, 0.3) is 104 Å². The van der Waals surface area contributed by atoms with E-state index in [0.717, 1.165) is 39.4 Å². The van der Waals surface area contributed by atoms with Crippen LogP contribution in [0.2, 0.25) is 0 Å². The number of hydrogen-bond acceptors (Lipinski definition) is 1. The van der Waals surface area contributed by atoms with Crippen molar-refractivity contribution < 1.29 is 0 Å². The molecule has 0 radical (unpaired) electrons. The number of benzene rings is 12. The molecule has 12 aromatic carbocycles. The molecule has 1 aromatic heterocycles. The Labute approximate surface area is 395 Å². The Kier molecular flexibility index (Phi) is 9.54. The van der Waals surface area contributed by atoms with E-state index in [9.17, 15) is 0 Å². The highest BCUT2D eigenvalue weighted by Crippen LogP contribution is 2.47. The van der Waals surface area contributed by atoms with Crippen LogP contribution in [0.5, 0.6) is 0 Å². The van der Waals surface area contributed by atoms with E-state index in [4.69, 9.17) is 0 Å². The Morgan fingerprint density at radius 3 is 1.60 bits per heavy atom. The lowest BCUT2D eigenvalue weighted by Crippen LogP contribution is -2.11. The Morgan fingerprint density at radius 2 is 0.809 bits per heavy atom. The van der Waals surface area contributed by atoms with Crippen molar-refractivity contribution in [3.63, 3.8) is 0 Å². The average molecular weight is 865 g/mol. The SMILES string of the molecule is c1ccc(-c2cccc3cccc(-c4ccccc4N(c4cccc(-c5cccc6c5ccc5ccccc56)c4)c4cccc(-c5cccc6c7ccccc7n(-c7ccccc7)c56)c4)c23)cc1. The number of nitrogens with zero attached hydrogens (tertiary/aromatic N) is 2. The molecular formula is C66H44N2. The Hall–Kier alpha value is -8.98. The number of anilines is 3. The summed E-state index contributed by atoms with van der Waals surface area (Å²) in [6, 6.07) is 97.6. The number of rotatable bonds is 8. The third kappa shape index (κ3) is 6.57. The lowest BCUT2D eigenvalue weighted by molar-refractivity contribution is 1.18. The van der Waals surface area contributed by atoms with Gasteiger partial charge < -0.3 is 9.47 Å². The molecule has 1 heterocycles. The van der Waals surface area contributed by atoms with Gasteiger partial charge in [0.25, 0.3) is 0 Å². The summed E-state index contributed by atoms with van der Waals surface area (Å²) in [6.07, 6.45) is 0. The van der Waals surface area contributed by atoms with Gasteiger partial charge in [0.2, 0.25) is 0 Å². The highest BCUT2D eigenvalue weighted by molar-refractivity contribution is 6.15. The molecule has 0 N–H and O–H groups in total. The van der Waals surface area contributed by atoms with Crippen molar-refractivity contribution in [3.05, 3.63) is 267 Å². The summed E-state index contributed by atoms with van der Waals surface area (Å²) in [6.45, 7) is 0. The summed E-state index contributed by atoms with van der Waals surface area (Å²) in [5, 5.41) is 9.92. The van der Waals surface area contributed by atoms with Crippen LogP contribution in [0, 0.1) is 0 Å². The Bertz CT molecular complexity index is 4030. The van der Waals surface area contributed by atoms with Crippen LogP contribution in [0.1, 0.15) is 0 Å². The maximum absolute atomic E-state index is 2.47. The largest absolute Gasteiger partial charge is 0.310 e. The predicted molar refractivity (Wildman–Crippen MR) is 290 cm³/mol. The monoisotopic (exact) mass is 864 g/mol. The molecule has 2 heteroatoms. The second kappa shape index (κ2) is 16.5. The molecule has 2 nitrogen and oxygen atoms in total. The topological polar surface area (TPSA) is 8.17 Å². The van der Waals surface area contributed by atoms with Crippen molar-refractivity contribution in [2.75, 3.05) is 4.90 Å². The minimum absolute atomic E-state index is 1.07. The Balaban J connectivity index is 1.05. The number of para-hydroxylation sites is 4. The third-order valence-electron chi connectivity index (χ3n) is 13.8. The van der Waals surface area contributed by atoms with E-state index in [2.05, 4.69) is 276 Å². The van der Waals surface area contributed by atoms with Crippen LogP contribution in [0.15, 0.2) is 267 Å². The van der Waals surface area contributed by atoms with Crippen LogP contribution >= 0.6 is 0 Å². The third-order valence-corrected chi connectivity index (χ3v) is 13.8. The fourth-order valence-electron chi connectivity index (χ4n) is 10.8. The summed E-state index contributed by atoms with van der Waals surface area (Å²) in [5.41, 5.74) is 16.2. The van der Waals surface area contributed by atoms with Crippen molar-refractivity contribution in [1.29, 1.82) is 0 Å². The van der Waals surface area contributed by atoms with E-state index in [1.165, 1.54) is 81.9 Å². The first-order valence-electron chi connectivity index (χ1n) is 23.4. The van der Waals surface area contributed by atoms with Crippen LogP contribution in [-0.2, 0) is 0 Å². The molecule has 13 aromatic rings. The molecule has 0 bridgehead atoms. The zero-order valence-corrected chi connectivity index (χ0v) is 37.3. The fraction of sp³-hybridized carbons (Fsp3) is 0. The van der Waals surface area contributed by atoms with Gasteiger partial charge in [0.05, 0.1) is 16.7 Å². The van der Waals surface area contributed by atoms with Crippen molar-refractivity contribution in [2.24, 2.45) is 0 Å². The van der Waals surface area contributed by atoms with Gasteiger partial charge in [-0.15, -0.1) is 0 Å². The quantitative estimate of drug-likeness (QED) is 0.138. The van der Waals surface area contributed by atoms with Gasteiger partial charge >= 0.3 is 0 Å². The number of aromatic nitrogens is 1. The molecule has 13 rings (SSSR count). The number of hydrogen-bond donors (Lipinski definition) is 0. The lowest BCUT2D eigenvalue weighted by atomic mass is 9.90. The highest BCUT2D eigenvalue weighted by Gasteiger charge is 2.22. The predicted octanol–water partition coefficient (Wildman–Crippen LogP) is 18.4. The van der Waals surface area contributed by atoms with Gasteiger partial charge in [-0.1, -0.05) is 218 Å². The summed E-state index contributed by atoms with van der Waals surface area (Å²) in [4.78, 5) is 2.47. The molecule has 0 saturated carbocycles. The average Bonchev–Trinajstić information content (AvgIpc) is 3.76. The fourth-order valence-corrected chi connectivity index (χ4v) is 10.8. The van der Waals surface area contributed by atoms with E-state index in [0.29, 0.717) is 0 Å². The molecule has 0 unspecified atom stereocenters. The van der Waals surface area contributed by atoms with Crippen LogP contribution in [0.4, 0.5) is 17.1 Å². The van der Waals surface area contributed by atoms with Gasteiger partial charge in [-0.3, -0.25) is 0 Å². The van der Waals surface area contributed by atoms with Crippen molar-refractivity contribution in [1.82, 2.24) is 4.57 Å². The highest BCUT2D eigenvalue weighted by atomic mass is 15.1. The first kappa shape index (κ1) is 39.4. The molecular weight excluding hydrogens is 821 g/mol. The minimum Gasteiger partial charge on any atom is -0.310 e. The normalized spacial score (nSPS) is 11.5. The van der Waals surface area contributed by atoms with Crippen molar-refractivity contribution in [2.45, 2.75) is 0 Å². The zero-order valence-electron chi connectivity index (χ0n) is 37.3. The molecule has 0 saturated heterocycles.